The number of allylic oxidation sites excluding steroid dienone is 2. The quantitative estimate of drug-likeness (QED) is 0.0654. The van der Waals surface area contributed by atoms with Crippen LogP contribution in [0, 0.1) is 47.0 Å². The third-order valence-corrected chi connectivity index (χ3v) is 11.8. The van der Waals surface area contributed by atoms with Gasteiger partial charge in [0.05, 0.1) is 19.5 Å². The molecule has 52 heavy (non-hydrogen) atoms. The van der Waals surface area contributed by atoms with Crippen LogP contribution in [0.4, 0.5) is 0 Å². The van der Waals surface area contributed by atoms with E-state index in [9.17, 15) is 9.90 Å². The van der Waals surface area contributed by atoms with Crippen molar-refractivity contribution < 1.29 is 34.4 Å². The minimum absolute atomic E-state index is 0. The predicted molar refractivity (Wildman–Crippen MR) is 219 cm³/mol. The number of aromatic nitrogens is 2. The van der Waals surface area contributed by atoms with Gasteiger partial charge in [0, 0.05) is 43.4 Å². The van der Waals surface area contributed by atoms with Gasteiger partial charge in [0.1, 0.15) is 23.0 Å². The molecule has 0 aliphatic rings. The topological polar surface area (TPSA) is 76.2 Å². The van der Waals surface area contributed by atoms with E-state index >= 15 is 0 Å². The fourth-order valence-electron chi connectivity index (χ4n) is 7.73. The largest absolute Gasteiger partial charge is 0.512 e. The molecule has 7 heteroatoms. The molecule has 3 aromatic carbocycles. The van der Waals surface area contributed by atoms with Crippen molar-refractivity contribution in [3.05, 3.63) is 78.3 Å². The molecule has 0 bridgehead atoms. The van der Waals surface area contributed by atoms with Crippen molar-refractivity contribution in [1.82, 2.24) is 9.97 Å². The summed E-state index contributed by atoms with van der Waals surface area (Å²) in [5.41, 5.74) is 5.76. The first-order valence-electron chi connectivity index (χ1n) is 18.8. The minimum Gasteiger partial charge on any atom is -0.512 e. The smallest absolute Gasteiger partial charge is 0.162 e. The third kappa shape index (κ3) is 10.3. The van der Waals surface area contributed by atoms with Crippen LogP contribution in [0.15, 0.2) is 71.1 Å². The molecule has 0 unspecified atom stereocenters. The van der Waals surface area contributed by atoms with Crippen molar-refractivity contribution in [3.63, 3.8) is 0 Å². The summed E-state index contributed by atoms with van der Waals surface area (Å²) in [7, 11) is -1.59. The Hall–Kier alpha value is -3.12. The van der Waals surface area contributed by atoms with Crippen LogP contribution in [0.25, 0.3) is 44.1 Å². The number of benzene rings is 3. The Bertz CT molecular complexity index is 1990. The third-order valence-electron chi connectivity index (χ3n) is 9.72. The Morgan fingerprint density at radius 2 is 1.44 bits per heavy atom. The number of aliphatic hydroxyl groups excluding tert-OH is 1. The van der Waals surface area contributed by atoms with Crippen LogP contribution < -0.4 is 5.19 Å². The van der Waals surface area contributed by atoms with E-state index in [2.05, 4.69) is 160 Å². The molecule has 0 aliphatic carbocycles. The second kappa shape index (κ2) is 17.3. The maximum Gasteiger partial charge on any atom is 0.162 e. The van der Waals surface area contributed by atoms with Gasteiger partial charge in [-0.3, -0.25) is 9.78 Å². The second-order valence-corrected chi connectivity index (χ2v) is 23.0. The molecular formula is C45H61IrN2O3Si-. The standard InChI is InChI=1S/C28H29N2OSi.C17H32O2.Ir/c1-28(2,3)16-18-11-12-22-23(13-18)31-27-25(29-17-30-26(22)27)20-14-19-9-7-8-10-21(19)24(15-20)32(4,5)6;1-10(2)16(11(3)4)14(18)9-15(19)17(12(5)6)13(7)8;/h7-13,15,17H,16H2,1-6H3;9-13,16-18H,1-8H3;/q-1;;/b;14-9-;. The molecule has 0 saturated heterocycles. The van der Waals surface area contributed by atoms with E-state index in [1.165, 1.54) is 22.2 Å². The van der Waals surface area contributed by atoms with E-state index in [1.54, 1.807) is 6.33 Å². The zero-order valence-corrected chi connectivity index (χ0v) is 37.3. The van der Waals surface area contributed by atoms with E-state index in [-0.39, 0.29) is 48.9 Å². The van der Waals surface area contributed by atoms with Gasteiger partial charge in [0.25, 0.3) is 0 Å². The molecule has 0 atom stereocenters. The molecule has 283 valence electrons. The molecule has 1 radical (unpaired) electrons. The maximum absolute atomic E-state index is 12.3. The van der Waals surface area contributed by atoms with Gasteiger partial charge >= 0.3 is 0 Å². The predicted octanol–water partition coefficient (Wildman–Crippen LogP) is 12.0. The SMILES string of the molecule is CC(C)(C)Cc1ccc2c(c1)oc1c(-c3[c-]c4ccccc4c([Si](C)(C)C)c3)ncnc12.CC(C)C(C(=O)/C=C(\O)C(C(C)C)C(C)C)C(C)C.[Ir]. The van der Waals surface area contributed by atoms with Crippen molar-refractivity contribution in [2.45, 2.75) is 102 Å². The number of hydrogen-bond donors (Lipinski definition) is 1. The Morgan fingerprint density at radius 1 is 0.846 bits per heavy atom. The Kier molecular flexibility index (Phi) is 14.4. The van der Waals surface area contributed by atoms with Gasteiger partial charge in [-0.25, -0.2) is 4.98 Å². The van der Waals surface area contributed by atoms with Crippen LogP contribution in [0.3, 0.4) is 0 Å². The van der Waals surface area contributed by atoms with E-state index in [0.717, 1.165) is 45.1 Å². The van der Waals surface area contributed by atoms with E-state index in [1.807, 2.05) is 0 Å². The normalized spacial score (nSPS) is 12.9. The number of aliphatic hydroxyl groups is 1. The number of fused-ring (bicyclic) bond motifs is 4. The van der Waals surface area contributed by atoms with E-state index in [0.29, 0.717) is 23.7 Å². The molecular weight excluding hydrogens is 837 g/mol. The average molecular weight is 898 g/mol. The van der Waals surface area contributed by atoms with Crippen molar-refractivity contribution in [1.29, 1.82) is 0 Å². The molecule has 5 nitrogen and oxygen atoms in total. The molecule has 5 rings (SSSR count). The zero-order valence-electron chi connectivity index (χ0n) is 33.9. The summed E-state index contributed by atoms with van der Waals surface area (Å²) in [5.74, 6) is 1.63. The number of hydrogen-bond acceptors (Lipinski definition) is 5. The van der Waals surface area contributed by atoms with Crippen LogP contribution >= 0.6 is 0 Å². The summed E-state index contributed by atoms with van der Waals surface area (Å²) >= 11 is 0. The number of carbonyl (C=O) groups is 1. The number of carbonyl (C=O) groups excluding carboxylic acids is 1. The fraction of sp³-hybridized carbons (Fsp3) is 0.489. The Morgan fingerprint density at radius 3 is 2.00 bits per heavy atom. The van der Waals surface area contributed by atoms with Crippen LogP contribution in [0.2, 0.25) is 19.6 Å². The first-order chi connectivity index (χ1) is 23.7. The minimum atomic E-state index is -1.59. The summed E-state index contributed by atoms with van der Waals surface area (Å²) in [6.07, 6.45) is 4.12. The number of furan rings is 1. The van der Waals surface area contributed by atoms with Gasteiger partial charge in [-0.1, -0.05) is 131 Å². The number of rotatable bonds is 10. The van der Waals surface area contributed by atoms with Crippen molar-refractivity contribution >= 4 is 51.9 Å². The van der Waals surface area contributed by atoms with Gasteiger partial charge in [-0.05, 0) is 53.2 Å². The zero-order chi connectivity index (χ0) is 38.0. The summed E-state index contributed by atoms with van der Waals surface area (Å²) in [4.78, 5) is 21.6. The van der Waals surface area contributed by atoms with E-state index < -0.39 is 8.07 Å². The summed E-state index contributed by atoms with van der Waals surface area (Å²) in [6, 6.07) is 20.9. The molecule has 0 fully saturated rings. The van der Waals surface area contributed by atoms with Crippen LogP contribution in [-0.2, 0) is 31.3 Å². The maximum atomic E-state index is 12.3. The molecule has 0 amide bonds. The Balaban J connectivity index is 0.000000317. The monoisotopic (exact) mass is 898 g/mol. The fourth-order valence-corrected chi connectivity index (χ4v) is 9.33. The van der Waals surface area contributed by atoms with Crippen molar-refractivity contribution in [2.24, 2.45) is 40.9 Å². The van der Waals surface area contributed by atoms with Gasteiger partial charge in [-0.15, -0.1) is 28.8 Å². The van der Waals surface area contributed by atoms with Crippen LogP contribution in [0.5, 0.6) is 0 Å². The molecule has 1 N–H and O–H groups in total. The average Bonchev–Trinajstić information content (AvgIpc) is 3.36. The van der Waals surface area contributed by atoms with Gasteiger partial charge in [0.15, 0.2) is 5.78 Å². The molecule has 0 saturated carbocycles. The van der Waals surface area contributed by atoms with Gasteiger partial charge < -0.3 is 9.52 Å². The van der Waals surface area contributed by atoms with E-state index in [4.69, 9.17) is 4.42 Å². The van der Waals surface area contributed by atoms with Gasteiger partial charge in [0.2, 0.25) is 0 Å². The van der Waals surface area contributed by atoms with Crippen LogP contribution in [-0.4, -0.2) is 28.9 Å². The van der Waals surface area contributed by atoms with Crippen molar-refractivity contribution in [2.75, 3.05) is 0 Å². The Labute approximate surface area is 327 Å². The summed E-state index contributed by atoms with van der Waals surface area (Å²) < 4.78 is 6.40. The first kappa shape index (κ1) is 43.3. The van der Waals surface area contributed by atoms with Gasteiger partial charge in [-0.2, -0.15) is 0 Å². The summed E-state index contributed by atoms with van der Waals surface area (Å²) in [5, 5.41) is 15.1. The number of nitrogens with zero attached hydrogens (tertiary/aromatic N) is 2. The second-order valence-electron chi connectivity index (χ2n) is 18.0. The number of ketones is 1. The molecule has 2 aromatic heterocycles. The summed E-state index contributed by atoms with van der Waals surface area (Å²) in [6.45, 7) is 30.5. The van der Waals surface area contributed by atoms with Crippen LogP contribution in [0.1, 0.15) is 81.7 Å². The first-order valence-corrected chi connectivity index (χ1v) is 22.3. The molecule has 2 heterocycles. The van der Waals surface area contributed by atoms with Crippen molar-refractivity contribution in [3.8, 4) is 11.3 Å². The molecule has 5 aromatic rings. The molecule has 0 spiro atoms. The molecule has 0 aliphatic heterocycles.